The molecule has 2 atom stereocenters. The molecule has 154 valence electrons. The number of fused-ring (bicyclic) bond motifs is 1. The van der Waals surface area contributed by atoms with Crippen molar-refractivity contribution in [2.45, 2.75) is 32.5 Å². The van der Waals surface area contributed by atoms with Gasteiger partial charge in [0, 0.05) is 31.3 Å². The van der Waals surface area contributed by atoms with Crippen molar-refractivity contribution >= 4 is 29.8 Å². The number of hydrogen-bond acceptors (Lipinski definition) is 8. The monoisotopic (exact) mass is 401 g/mol. The molecule has 1 fully saturated rings. The Hall–Kier alpha value is -3.50. The van der Waals surface area contributed by atoms with Gasteiger partial charge in [-0.05, 0) is 12.3 Å². The van der Waals surface area contributed by atoms with Gasteiger partial charge in [-0.3, -0.25) is 20.2 Å². The Morgan fingerprint density at radius 2 is 2.17 bits per heavy atom. The van der Waals surface area contributed by atoms with Crippen LogP contribution in [0.1, 0.15) is 25.8 Å². The Kier molecular flexibility index (Phi) is 5.76. The predicted molar refractivity (Wildman–Crippen MR) is 106 cm³/mol. The number of benzene rings is 1. The van der Waals surface area contributed by atoms with E-state index in [1.807, 2.05) is 0 Å². The highest BCUT2D eigenvalue weighted by atomic mass is 16.6. The van der Waals surface area contributed by atoms with Crippen LogP contribution in [0.2, 0.25) is 0 Å². The van der Waals surface area contributed by atoms with Crippen molar-refractivity contribution in [2.24, 2.45) is 16.0 Å². The van der Waals surface area contributed by atoms with Gasteiger partial charge in [-0.15, -0.1) is 0 Å². The van der Waals surface area contributed by atoms with Crippen LogP contribution in [0, 0.1) is 16.0 Å². The summed E-state index contributed by atoms with van der Waals surface area (Å²) in [6.45, 7) is 4.72. The van der Waals surface area contributed by atoms with Gasteiger partial charge < -0.3 is 9.80 Å². The minimum Gasteiger partial charge on any atom is -0.326 e. The second-order valence-electron chi connectivity index (χ2n) is 7.31. The number of urea groups is 1. The molecule has 1 aromatic carbocycles. The van der Waals surface area contributed by atoms with Crippen LogP contribution in [0.3, 0.4) is 0 Å². The third-order valence-electron chi connectivity index (χ3n) is 4.77. The summed E-state index contributed by atoms with van der Waals surface area (Å²) in [5, 5.41) is 17.4. The number of nitrogens with one attached hydrogen (secondary N) is 2. The lowest BCUT2D eigenvalue weighted by Gasteiger charge is -2.36. The first-order valence-corrected chi connectivity index (χ1v) is 9.23. The van der Waals surface area contributed by atoms with Crippen molar-refractivity contribution in [3.05, 3.63) is 39.9 Å². The summed E-state index contributed by atoms with van der Waals surface area (Å²) >= 11 is 0. The van der Waals surface area contributed by atoms with Gasteiger partial charge in [0.05, 0.1) is 11.1 Å². The quantitative estimate of drug-likeness (QED) is 0.417. The number of amides is 3. The van der Waals surface area contributed by atoms with Crippen LogP contribution in [0.15, 0.2) is 34.4 Å². The van der Waals surface area contributed by atoms with Gasteiger partial charge in [-0.25, -0.2) is 15.2 Å². The summed E-state index contributed by atoms with van der Waals surface area (Å²) in [5.41, 5.74) is 3.33. The molecule has 1 aromatic rings. The van der Waals surface area contributed by atoms with Crippen molar-refractivity contribution < 1.29 is 14.5 Å². The normalized spacial score (nSPS) is 21.4. The molecule has 0 radical (unpaired) electrons. The first-order valence-electron chi connectivity index (χ1n) is 9.23. The highest BCUT2D eigenvalue weighted by molar-refractivity contribution is 6.03. The lowest BCUT2D eigenvalue weighted by Crippen LogP contribution is -2.64. The molecule has 3 amide bonds. The van der Waals surface area contributed by atoms with Crippen LogP contribution in [-0.4, -0.2) is 64.6 Å². The zero-order valence-corrected chi connectivity index (χ0v) is 16.4. The molecule has 2 unspecified atom stereocenters. The van der Waals surface area contributed by atoms with Crippen molar-refractivity contribution in [3.63, 3.8) is 0 Å². The van der Waals surface area contributed by atoms with Crippen molar-refractivity contribution in [1.82, 2.24) is 20.5 Å². The zero-order valence-electron chi connectivity index (χ0n) is 16.4. The topological polar surface area (TPSA) is 133 Å². The number of imide groups is 1. The van der Waals surface area contributed by atoms with E-state index in [0.29, 0.717) is 24.0 Å². The fraction of sp³-hybridized carbons (Fsp3) is 0.444. The van der Waals surface area contributed by atoms with E-state index in [2.05, 4.69) is 34.7 Å². The summed E-state index contributed by atoms with van der Waals surface area (Å²) < 4.78 is 0. The number of carbonyl (C=O) groups excluding carboxylic acids is 2. The lowest BCUT2D eigenvalue weighted by atomic mass is 10.1. The van der Waals surface area contributed by atoms with E-state index in [1.165, 1.54) is 23.2 Å². The summed E-state index contributed by atoms with van der Waals surface area (Å²) in [4.78, 5) is 42.4. The van der Waals surface area contributed by atoms with Crippen LogP contribution in [-0.2, 0) is 4.79 Å². The molecule has 0 spiro atoms. The molecule has 2 aliphatic heterocycles. The molecule has 3 rings (SSSR count). The largest absolute Gasteiger partial charge is 0.326 e. The number of rotatable bonds is 6. The molecule has 0 saturated carbocycles. The average Bonchev–Trinajstić information content (AvgIpc) is 3.04. The number of hydrazone groups is 1. The smallest absolute Gasteiger partial charge is 0.325 e. The first kappa shape index (κ1) is 20.2. The first-order chi connectivity index (χ1) is 13.8. The van der Waals surface area contributed by atoms with E-state index in [4.69, 9.17) is 0 Å². The van der Waals surface area contributed by atoms with Crippen LogP contribution >= 0.6 is 0 Å². The number of nitrogens with zero attached hydrogens (tertiary/aromatic N) is 5. The number of guanidine groups is 1. The Bertz CT molecular complexity index is 883. The van der Waals surface area contributed by atoms with Gasteiger partial charge in [0.1, 0.15) is 0 Å². The number of aliphatic imine (C=N–C) groups is 1. The van der Waals surface area contributed by atoms with E-state index in [0.717, 1.165) is 6.42 Å². The van der Waals surface area contributed by atoms with Gasteiger partial charge in [-0.1, -0.05) is 26.0 Å². The highest BCUT2D eigenvalue weighted by Crippen LogP contribution is 2.24. The van der Waals surface area contributed by atoms with Crippen LogP contribution in [0.5, 0.6) is 0 Å². The van der Waals surface area contributed by atoms with Gasteiger partial charge in [0.15, 0.2) is 12.2 Å². The summed E-state index contributed by atoms with van der Waals surface area (Å²) in [6, 6.07) is 4.93. The minimum atomic E-state index is -0.640. The number of nitro benzene ring substituents is 1. The molecule has 11 nitrogen and oxygen atoms in total. The summed E-state index contributed by atoms with van der Waals surface area (Å²) in [7, 11) is 1.58. The van der Waals surface area contributed by atoms with E-state index in [-0.39, 0.29) is 5.69 Å². The molecule has 29 heavy (non-hydrogen) atoms. The molecular formula is C18H23N7O4. The lowest BCUT2D eigenvalue weighted by molar-refractivity contribution is -0.384. The number of non-ortho nitro benzene ring substituents is 1. The molecule has 11 heteroatoms. The van der Waals surface area contributed by atoms with Gasteiger partial charge in [0.25, 0.3) is 11.6 Å². The third kappa shape index (κ3) is 4.33. The average molecular weight is 401 g/mol. The molecular weight excluding hydrogens is 378 g/mol. The Labute approximate surface area is 167 Å². The fourth-order valence-corrected chi connectivity index (χ4v) is 3.14. The third-order valence-corrected chi connectivity index (χ3v) is 4.77. The van der Waals surface area contributed by atoms with E-state index < -0.39 is 29.1 Å². The second-order valence-corrected chi connectivity index (χ2v) is 7.31. The molecule has 1 saturated heterocycles. The summed E-state index contributed by atoms with van der Waals surface area (Å²) in [6.07, 6.45) is 1.62. The number of carbonyl (C=O) groups is 2. The standard InChI is InChI=1S/C18H23N7O4/c1-11(2)7-8-24-14-15(23(3)18(27)21-16(14)26)20-17(24)22-19-10-12-5-4-6-13(9-12)25(28)29/h4-6,9-11,14-15H,7-8H2,1-3H3,(H,20,22)(H,21,26,27)/b19-10+. The maximum Gasteiger partial charge on any atom is 0.325 e. The van der Waals surface area contributed by atoms with E-state index in [1.54, 1.807) is 24.1 Å². The van der Waals surface area contributed by atoms with Gasteiger partial charge in [-0.2, -0.15) is 5.10 Å². The summed E-state index contributed by atoms with van der Waals surface area (Å²) in [5.74, 6) is 0.388. The van der Waals surface area contributed by atoms with Crippen LogP contribution in [0.25, 0.3) is 0 Å². The molecule has 2 N–H and O–H groups in total. The van der Waals surface area contributed by atoms with Crippen molar-refractivity contribution in [2.75, 3.05) is 13.6 Å². The molecule has 0 aliphatic carbocycles. The second kappa shape index (κ2) is 8.25. The molecule has 0 bridgehead atoms. The Balaban J connectivity index is 1.79. The van der Waals surface area contributed by atoms with E-state index in [9.17, 15) is 19.7 Å². The van der Waals surface area contributed by atoms with Crippen LogP contribution in [0.4, 0.5) is 10.5 Å². The van der Waals surface area contributed by atoms with Crippen molar-refractivity contribution in [3.8, 4) is 0 Å². The maximum atomic E-state index is 12.4. The molecule has 2 aliphatic rings. The number of nitro groups is 1. The Morgan fingerprint density at radius 1 is 1.41 bits per heavy atom. The zero-order chi connectivity index (χ0) is 21.1. The fourth-order valence-electron chi connectivity index (χ4n) is 3.14. The minimum absolute atomic E-state index is 0.0338. The van der Waals surface area contributed by atoms with Crippen LogP contribution < -0.4 is 10.7 Å². The maximum absolute atomic E-state index is 12.4. The SMILES string of the molecule is CC(C)CCN1C(N/N=C/c2cccc([N+](=O)[O-])c2)=NC2C1C(=O)NC(=O)N2C. The van der Waals surface area contributed by atoms with Crippen molar-refractivity contribution in [1.29, 1.82) is 0 Å². The number of hydrogen-bond donors (Lipinski definition) is 2. The number of likely N-dealkylation sites (N-methyl/N-ethyl adjacent to an activating group) is 1. The van der Waals surface area contributed by atoms with Gasteiger partial charge in [0.2, 0.25) is 5.96 Å². The van der Waals surface area contributed by atoms with E-state index >= 15 is 0 Å². The highest BCUT2D eigenvalue weighted by Gasteiger charge is 2.48. The molecule has 0 aromatic heterocycles. The van der Waals surface area contributed by atoms with Gasteiger partial charge >= 0.3 is 6.03 Å². The predicted octanol–water partition coefficient (Wildman–Crippen LogP) is 1.11. The molecule has 2 heterocycles. The Morgan fingerprint density at radius 3 is 2.86 bits per heavy atom.